The number of carbonyl (C=O) groups is 1. The average molecular weight is 445 g/mol. The van der Waals surface area contributed by atoms with Crippen LogP contribution >= 0.6 is 11.8 Å². The van der Waals surface area contributed by atoms with E-state index < -0.39 is 5.25 Å². The van der Waals surface area contributed by atoms with E-state index >= 15 is 0 Å². The molecule has 162 valence electrons. The third-order valence-corrected chi connectivity index (χ3v) is 6.27. The van der Waals surface area contributed by atoms with Crippen LogP contribution in [0, 0.1) is 13.8 Å². The van der Waals surface area contributed by atoms with Crippen molar-refractivity contribution in [1.29, 1.82) is 0 Å². The number of aromatic nitrogens is 5. The van der Waals surface area contributed by atoms with Crippen molar-refractivity contribution in [2.75, 3.05) is 5.32 Å². The van der Waals surface area contributed by atoms with E-state index in [0.29, 0.717) is 23.2 Å². The van der Waals surface area contributed by atoms with E-state index in [-0.39, 0.29) is 5.91 Å². The Labute approximate surface area is 191 Å². The van der Waals surface area contributed by atoms with Crippen molar-refractivity contribution < 1.29 is 4.79 Å². The third kappa shape index (κ3) is 4.70. The molecule has 0 saturated carbocycles. The second kappa shape index (κ2) is 9.74. The Hall–Kier alpha value is -3.52. The van der Waals surface area contributed by atoms with Gasteiger partial charge in [0.15, 0.2) is 11.0 Å². The quantitative estimate of drug-likeness (QED) is 0.410. The monoisotopic (exact) mass is 444 g/mol. The molecule has 2 heterocycles. The fourth-order valence-electron chi connectivity index (χ4n) is 3.34. The Morgan fingerprint density at radius 3 is 2.62 bits per heavy atom. The Bertz CT molecular complexity index is 1210. The minimum absolute atomic E-state index is 0.110. The summed E-state index contributed by atoms with van der Waals surface area (Å²) in [6.45, 7) is 6.65. The molecule has 0 radical (unpaired) electrons. The molecular formula is C24H24N6OS. The van der Waals surface area contributed by atoms with Gasteiger partial charge >= 0.3 is 0 Å². The van der Waals surface area contributed by atoms with Crippen molar-refractivity contribution >= 4 is 23.4 Å². The van der Waals surface area contributed by atoms with Gasteiger partial charge in [0.25, 0.3) is 0 Å². The molecule has 0 saturated heterocycles. The zero-order valence-corrected chi connectivity index (χ0v) is 19.0. The van der Waals surface area contributed by atoms with E-state index in [1.807, 2.05) is 73.9 Å². The maximum absolute atomic E-state index is 13.4. The lowest BCUT2D eigenvalue weighted by Crippen LogP contribution is -2.20. The zero-order valence-electron chi connectivity index (χ0n) is 18.2. The lowest BCUT2D eigenvalue weighted by Gasteiger charge is -2.18. The summed E-state index contributed by atoms with van der Waals surface area (Å²) in [6, 6.07) is 15.7. The summed E-state index contributed by atoms with van der Waals surface area (Å²) < 4.78 is 1.95. The molecule has 1 atom stereocenters. The molecule has 0 aliphatic carbocycles. The molecule has 0 bridgehead atoms. The van der Waals surface area contributed by atoms with Gasteiger partial charge in [-0.25, -0.2) is 4.98 Å². The molecule has 4 aromatic rings. The van der Waals surface area contributed by atoms with Crippen molar-refractivity contribution in [1.82, 2.24) is 24.7 Å². The van der Waals surface area contributed by atoms with Gasteiger partial charge in [-0.2, -0.15) is 0 Å². The summed E-state index contributed by atoms with van der Waals surface area (Å²) in [6.07, 6.45) is 4.91. The fraction of sp³-hybridized carbons (Fsp3) is 0.208. The van der Waals surface area contributed by atoms with E-state index in [4.69, 9.17) is 0 Å². The van der Waals surface area contributed by atoms with Crippen LogP contribution < -0.4 is 5.32 Å². The summed E-state index contributed by atoms with van der Waals surface area (Å²) in [5.74, 6) is 0.520. The van der Waals surface area contributed by atoms with Crippen molar-refractivity contribution in [3.63, 3.8) is 0 Å². The first-order valence-corrected chi connectivity index (χ1v) is 11.2. The number of hydrogen-bond acceptors (Lipinski definition) is 6. The van der Waals surface area contributed by atoms with Crippen LogP contribution in [0.25, 0.3) is 11.5 Å². The van der Waals surface area contributed by atoms with Crippen LogP contribution in [0.4, 0.5) is 5.69 Å². The van der Waals surface area contributed by atoms with Crippen molar-refractivity contribution in [3.8, 4) is 11.5 Å². The number of amides is 1. The van der Waals surface area contributed by atoms with Gasteiger partial charge in [-0.3, -0.25) is 9.78 Å². The molecule has 4 rings (SSSR count). The molecule has 2 aromatic carbocycles. The maximum Gasteiger partial charge on any atom is 0.242 e. The van der Waals surface area contributed by atoms with E-state index in [1.165, 1.54) is 11.8 Å². The van der Waals surface area contributed by atoms with Crippen LogP contribution in [0.2, 0.25) is 0 Å². The first-order chi connectivity index (χ1) is 15.6. The molecule has 2 aromatic heterocycles. The van der Waals surface area contributed by atoms with Crippen LogP contribution in [0.1, 0.15) is 28.9 Å². The number of anilines is 1. The number of rotatable bonds is 7. The van der Waals surface area contributed by atoms with E-state index in [1.54, 1.807) is 18.6 Å². The highest BCUT2D eigenvalue weighted by molar-refractivity contribution is 8.00. The van der Waals surface area contributed by atoms with Gasteiger partial charge in [-0.05, 0) is 43.5 Å². The van der Waals surface area contributed by atoms with Crippen molar-refractivity contribution in [3.05, 3.63) is 83.8 Å². The normalized spacial score (nSPS) is 11.8. The molecule has 32 heavy (non-hydrogen) atoms. The number of thioether (sulfide) groups is 1. The highest BCUT2D eigenvalue weighted by Gasteiger charge is 2.26. The molecule has 0 fully saturated rings. The van der Waals surface area contributed by atoms with Crippen LogP contribution in [0.3, 0.4) is 0 Å². The lowest BCUT2D eigenvalue weighted by atomic mass is 10.1. The average Bonchev–Trinajstić information content (AvgIpc) is 3.23. The number of nitrogens with zero attached hydrogens (tertiary/aromatic N) is 5. The summed E-state index contributed by atoms with van der Waals surface area (Å²) in [5.41, 5.74) is 4.46. The van der Waals surface area contributed by atoms with E-state index in [2.05, 4.69) is 25.5 Å². The number of aryl methyl sites for hydroxylation is 2. The molecular weight excluding hydrogens is 420 g/mol. The summed E-state index contributed by atoms with van der Waals surface area (Å²) in [4.78, 5) is 21.9. The second-order valence-electron chi connectivity index (χ2n) is 7.36. The van der Waals surface area contributed by atoms with Gasteiger partial charge in [0.05, 0.1) is 6.20 Å². The fourth-order valence-corrected chi connectivity index (χ4v) is 4.44. The van der Waals surface area contributed by atoms with Crippen LogP contribution in [0.15, 0.2) is 72.3 Å². The van der Waals surface area contributed by atoms with Crippen molar-refractivity contribution in [2.24, 2.45) is 0 Å². The second-order valence-corrected chi connectivity index (χ2v) is 8.43. The third-order valence-electron chi connectivity index (χ3n) is 5.04. The van der Waals surface area contributed by atoms with Gasteiger partial charge in [0.1, 0.15) is 10.9 Å². The standard InChI is InChI=1S/C24H24N6OS/c1-4-30-22(20-15-25-12-13-26-20)28-29-24(30)32-21(18-8-6-5-7-9-18)23(31)27-19-14-16(2)10-11-17(19)3/h5-15,21H,4H2,1-3H3,(H,27,31). The molecule has 0 aliphatic rings. The highest BCUT2D eigenvalue weighted by Crippen LogP contribution is 2.37. The van der Waals surface area contributed by atoms with Crippen LogP contribution in [-0.2, 0) is 11.3 Å². The first kappa shape index (κ1) is 21.7. The molecule has 0 spiro atoms. The Morgan fingerprint density at radius 1 is 1.09 bits per heavy atom. The molecule has 1 N–H and O–H groups in total. The number of hydrogen-bond donors (Lipinski definition) is 1. The smallest absolute Gasteiger partial charge is 0.242 e. The Kier molecular flexibility index (Phi) is 6.61. The summed E-state index contributed by atoms with van der Waals surface area (Å²) in [5, 5.41) is 12.0. The van der Waals surface area contributed by atoms with Crippen LogP contribution in [-0.4, -0.2) is 30.6 Å². The topological polar surface area (TPSA) is 85.6 Å². The highest BCUT2D eigenvalue weighted by atomic mass is 32.2. The molecule has 7 nitrogen and oxygen atoms in total. The van der Waals surface area contributed by atoms with E-state index in [0.717, 1.165) is 22.4 Å². The number of benzene rings is 2. The van der Waals surface area contributed by atoms with Gasteiger partial charge in [-0.1, -0.05) is 54.2 Å². The SMILES string of the molecule is CCn1c(SC(C(=O)Nc2cc(C)ccc2C)c2ccccc2)nnc1-c1cnccn1. The largest absolute Gasteiger partial charge is 0.325 e. The van der Waals surface area contributed by atoms with E-state index in [9.17, 15) is 4.79 Å². The first-order valence-electron chi connectivity index (χ1n) is 10.4. The predicted molar refractivity (Wildman–Crippen MR) is 126 cm³/mol. The molecule has 1 amide bonds. The predicted octanol–water partition coefficient (Wildman–Crippen LogP) is 4.84. The summed E-state index contributed by atoms with van der Waals surface area (Å²) >= 11 is 1.38. The number of nitrogens with one attached hydrogen (secondary N) is 1. The van der Waals surface area contributed by atoms with Gasteiger partial charge in [0.2, 0.25) is 5.91 Å². The Morgan fingerprint density at radius 2 is 1.91 bits per heavy atom. The van der Waals surface area contributed by atoms with Gasteiger partial charge in [-0.15, -0.1) is 10.2 Å². The number of carbonyl (C=O) groups excluding carboxylic acids is 1. The van der Waals surface area contributed by atoms with Gasteiger partial charge in [0, 0.05) is 24.6 Å². The lowest BCUT2D eigenvalue weighted by molar-refractivity contribution is -0.115. The minimum atomic E-state index is -0.500. The Balaban J connectivity index is 1.67. The van der Waals surface area contributed by atoms with Crippen LogP contribution in [0.5, 0.6) is 0 Å². The molecule has 8 heteroatoms. The summed E-state index contributed by atoms with van der Waals surface area (Å²) in [7, 11) is 0. The minimum Gasteiger partial charge on any atom is -0.325 e. The zero-order chi connectivity index (χ0) is 22.5. The van der Waals surface area contributed by atoms with Crippen molar-refractivity contribution in [2.45, 2.75) is 37.7 Å². The molecule has 0 aliphatic heterocycles. The molecule has 1 unspecified atom stereocenters. The van der Waals surface area contributed by atoms with Gasteiger partial charge < -0.3 is 9.88 Å². The maximum atomic E-state index is 13.4.